The van der Waals surface area contributed by atoms with Crippen molar-refractivity contribution in [3.05, 3.63) is 95.6 Å². The summed E-state index contributed by atoms with van der Waals surface area (Å²) >= 11 is 0. The van der Waals surface area contributed by atoms with E-state index in [0.717, 1.165) is 11.1 Å². The average Bonchev–Trinajstić information content (AvgIpc) is 2.72. The first kappa shape index (κ1) is 19.3. The minimum atomic E-state index is -3.82. The van der Waals surface area contributed by atoms with Crippen LogP contribution in [0.3, 0.4) is 0 Å². The Morgan fingerprint density at radius 1 is 0.893 bits per heavy atom. The van der Waals surface area contributed by atoms with E-state index in [0.29, 0.717) is 11.3 Å². The number of terminal acetylenes is 1. The Labute approximate surface area is 166 Å². The predicted molar refractivity (Wildman–Crippen MR) is 113 cm³/mol. The number of sulfonamides is 1. The number of para-hydroxylation sites is 1. The SMILES string of the molecule is C#Cc1ccccc1N(CC#Cc1ccccc1)S(=O)(=O)c1ccc(C)cc1. The van der Waals surface area contributed by atoms with Gasteiger partial charge in [0.1, 0.15) is 0 Å². The molecule has 138 valence electrons. The maximum Gasteiger partial charge on any atom is 0.265 e. The first-order chi connectivity index (χ1) is 13.5. The molecule has 0 bridgehead atoms. The third-order valence-electron chi connectivity index (χ3n) is 4.17. The van der Waals surface area contributed by atoms with Crippen LogP contribution in [0.25, 0.3) is 0 Å². The van der Waals surface area contributed by atoms with Crippen LogP contribution in [0.15, 0.2) is 83.8 Å². The summed E-state index contributed by atoms with van der Waals surface area (Å²) in [6.45, 7) is 1.90. The van der Waals surface area contributed by atoms with Gasteiger partial charge >= 0.3 is 0 Å². The molecule has 0 heterocycles. The highest BCUT2D eigenvalue weighted by Crippen LogP contribution is 2.26. The second kappa shape index (κ2) is 8.48. The Hall–Kier alpha value is -3.47. The molecule has 0 saturated heterocycles. The van der Waals surface area contributed by atoms with Gasteiger partial charge in [-0.3, -0.25) is 4.31 Å². The molecule has 3 rings (SSSR count). The molecule has 28 heavy (non-hydrogen) atoms. The van der Waals surface area contributed by atoms with E-state index in [2.05, 4.69) is 17.8 Å². The normalized spacial score (nSPS) is 10.4. The second-order valence-corrected chi connectivity index (χ2v) is 8.02. The minimum absolute atomic E-state index is 0.0101. The van der Waals surface area contributed by atoms with Crippen LogP contribution in [0.1, 0.15) is 16.7 Å². The standard InChI is InChI=1S/C24H19NO2S/c1-3-22-13-7-8-14-24(22)25(19-9-12-21-10-5-4-6-11-21)28(26,27)23-17-15-20(2)16-18-23/h1,4-8,10-11,13-18H,19H2,2H3. The Bertz CT molecular complexity index is 1160. The van der Waals surface area contributed by atoms with E-state index in [-0.39, 0.29) is 11.4 Å². The molecule has 0 unspecified atom stereocenters. The summed E-state index contributed by atoms with van der Waals surface area (Å²) in [6, 6.07) is 23.1. The molecule has 3 aromatic rings. The Morgan fingerprint density at radius 3 is 2.21 bits per heavy atom. The predicted octanol–water partition coefficient (Wildman–Crippen LogP) is 4.22. The van der Waals surface area contributed by atoms with Crippen molar-refractivity contribution in [2.75, 3.05) is 10.8 Å². The van der Waals surface area contributed by atoms with Crippen LogP contribution in [0.5, 0.6) is 0 Å². The first-order valence-electron chi connectivity index (χ1n) is 8.71. The zero-order valence-electron chi connectivity index (χ0n) is 15.5. The number of hydrogen-bond acceptors (Lipinski definition) is 2. The summed E-state index contributed by atoms with van der Waals surface area (Å²) in [5.74, 6) is 8.54. The zero-order chi connectivity index (χ0) is 20.0. The number of aryl methyl sites for hydroxylation is 1. The van der Waals surface area contributed by atoms with E-state index in [1.165, 1.54) is 4.31 Å². The molecule has 0 aromatic heterocycles. The fourth-order valence-electron chi connectivity index (χ4n) is 2.69. The smallest absolute Gasteiger partial charge is 0.253 e. The highest BCUT2D eigenvalue weighted by Gasteiger charge is 2.25. The minimum Gasteiger partial charge on any atom is -0.253 e. The van der Waals surface area contributed by atoms with Gasteiger partial charge in [-0.25, -0.2) is 8.42 Å². The van der Waals surface area contributed by atoms with E-state index in [4.69, 9.17) is 6.42 Å². The van der Waals surface area contributed by atoms with Crippen molar-refractivity contribution in [2.45, 2.75) is 11.8 Å². The monoisotopic (exact) mass is 385 g/mol. The van der Waals surface area contributed by atoms with Crippen molar-refractivity contribution in [1.82, 2.24) is 0 Å². The molecule has 3 aromatic carbocycles. The Balaban J connectivity index is 2.05. The van der Waals surface area contributed by atoms with Crippen LogP contribution in [0, 0.1) is 31.1 Å². The summed E-state index contributed by atoms with van der Waals surface area (Å²) in [5, 5.41) is 0. The molecule has 0 saturated carbocycles. The average molecular weight is 385 g/mol. The van der Waals surface area contributed by atoms with E-state index in [9.17, 15) is 8.42 Å². The number of benzene rings is 3. The molecule has 0 aliphatic heterocycles. The lowest BCUT2D eigenvalue weighted by molar-refractivity contribution is 0.593. The van der Waals surface area contributed by atoms with Crippen LogP contribution in [0.4, 0.5) is 5.69 Å². The van der Waals surface area contributed by atoms with Gasteiger partial charge in [-0.05, 0) is 43.3 Å². The highest BCUT2D eigenvalue weighted by atomic mass is 32.2. The molecular formula is C24H19NO2S. The molecule has 0 atom stereocenters. The zero-order valence-corrected chi connectivity index (χ0v) is 16.3. The number of rotatable bonds is 4. The lowest BCUT2D eigenvalue weighted by Gasteiger charge is -2.23. The number of nitrogens with zero attached hydrogens (tertiary/aromatic N) is 1. The van der Waals surface area contributed by atoms with E-state index < -0.39 is 10.0 Å². The largest absolute Gasteiger partial charge is 0.265 e. The maximum atomic E-state index is 13.3. The summed E-state index contributed by atoms with van der Waals surface area (Å²) in [5.41, 5.74) is 2.74. The van der Waals surface area contributed by atoms with Crippen molar-refractivity contribution in [1.29, 1.82) is 0 Å². The van der Waals surface area contributed by atoms with Crippen molar-refractivity contribution in [2.24, 2.45) is 0 Å². The van der Waals surface area contributed by atoms with Crippen LogP contribution < -0.4 is 4.31 Å². The first-order valence-corrected chi connectivity index (χ1v) is 10.2. The lowest BCUT2D eigenvalue weighted by Crippen LogP contribution is -2.32. The third-order valence-corrected chi connectivity index (χ3v) is 5.94. The quantitative estimate of drug-likeness (QED) is 0.631. The molecule has 4 heteroatoms. The maximum absolute atomic E-state index is 13.3. The number of anilines is 1. The van der Waals surface area contributed by atoms with Gasteiger partial charge in [-0.1, -0.05) is 65.8 Å². The van der Waals surface area contributed by atoms with Crippen LogP contribution in [-0.2, 0) is 10.0 Å². The molecule has 0 aliphatic rings. The summed E-state index contributed by atoms with van der Waals surface area (Å²) < 4.78 is 28.0. The number of hydrogen-bond donors (Lipinski definition) is 0. The van der Waals surface area contributed by atoms with Gasteiger partial charge in [-0.15, -0.1) is 6.42 Å². The summed E-state index contributed by atoms with van der Waals surface area (Å²) in [7, 11) is -3.82. The van der Waals surface area contributed by atoms with E-state index in [1.807, 2.05) is 37.3 Å². The van der Waals surface area contributed by atoms with Gasteiger partial charge in [0.25, 0.3) is 10.0 Å². The Kier molecular flexibility index (Phi) is 5.84. The van der Waals surface area contributed by atoms with Crippen LogP contribution in [-0.4, -0.2) is 15.0 Å². The van der Waals surface area contributed by atoms with Gasteiger partial charge in [0.2, 0.25) is 0 Å². The highest BCUT2D eigenvalue weighted by molar-refractivity contribution is 7.92. The second-order valence-electron chi connectivity index (χ2n) is 6.15. The third kappa shape index (κ3) is 4.26. The van der Waals surface area contributed by atoms with Crippen molar-refractivity contribution >= 4 is 15.7 Å². The van der Waals surface area contributed by atoms with Gasteiger partial charge in [0, 0.05) is 11.1 Å². The van der Waals surface area contributed by atoms with Crippen molar-refractivity contribution in [3.63, 3.8) is 0 Å². The summed E-state index contributed by atoms with van der Waals surface area (Å²) in [6.07, 6.45) is 5.60. The molecule has 0 amide bonds. The van der Waals surface area contributed by atoms with Gasteiger partial charge in [-0.2, -0.15) is 0 Å². The van der Waals surface area contributed by atoms with E-state index >= 15 is 0 Å². The molecule has 0 fully saturated rings. The Morgan fingerprint density at radius 2 is 1.54 bits per heavy atom. The molecular weight excluding hydrogens is 366 g/mol. The van der Waals surface area contributed by atoms with Crippen LogP contribution >= 0.6 is 0 Å². The fraction of sp³-hybridized carbons (Fsp3) is 0.0833. The van der Waals surface area contributed by atoms with Crippen LogP contribution in [0.2, 0.25) is 0 Å². The van der Waals surface area contributed by atoms with Gasteiger partial charge < -0.3 is 0 Å². The molecule has 3 nitrogen and oxygen atoms in total. The topological polar surface area (TPSA) is 37.4 Å². The summed E-state index contributed by atoms with van der Waals surface area (Å²) in [4.78, 5) is 0.200. The molecule has 0 radical (unpaired) electrons. The van der Waals surface area contributed by atoms with Gasteiger partial charge in [0.15, 0.2) is 0 Å². The van der Waals surface area contributed by atoms with Crippen molar-refractivity contribution in [3.8, 4) is 24.2 Å². The van der Waals surface area contributed by atoms with Crippen molar-refractivity contribution < 1.29 is 8.42 Å². The molecule has 0 N–H and O–H groups in total. The molecule has 0 spiro atoms. The van der Waals surface area contributed by atoms with E-state index in [1.54, 1.807) is 48.5 Å². The molecule has 0 aliphatic carbocycles. The fourth-order valence-corrected chi connectivity index (χ4v) is 4.07. The van der Waals surface area contributed by atoms with Gasteiger partial charge in [0.05, 0.1) is 17.1 Å². The lowest BCUT2D eigenvalue weighted by atomic mass is 10.2.